The molecule has 3 nitrogen and oxygen atoms in total. The van der Waals surface area contributed by atoms with Crippen molar-refractivity contribution in [2.24, 2.45) is 0 Å². The Morgan fingerprint density at radius 3 is 2.25 bits per heavy atom. The van der Waals surface area contributed by atoms with Gasteiger partial charge in [0.25, 0.3) is 5.91 Å². The van der Waals surface area contributed by atoms with Crippen molar-refractivity contribution in [2.45, 2.75) is 40.0 Å². The van der Waals surface area contributed by atoms with E-state index in [1.807, 2.05) is 42.5 Å². The van der Waals surface area contributed by atoms with Crippen LogP contribution in [0.5, 0.6) is 5.75 Å². The molecule has 0 bridgehead atoms. The SMILES string of the molecule is Cc1ccc(OCCNC(=O)c2ccc(C(C)(C)C)cc2)cc1C. The number of benzene rings is 2. The second-order valence-corrected chi connectivity index (χ2v) is 7.18. The first-order valence-corrected chi connectivity index (χ1v) is 8.36. The highest BCUT2D eigenvalue weighted by Gasteiger charge is 2.14. The number of hydrogen-bond acceptors (Lipinski definition) is 2. The Hall–Kier alpha value is -2.29. The molecule has 0 unspecified atom stereocenters. The van der Waals surface area contributed by atoms with Gasteiger partial charge in [0.15, 0.2) is 0 Å². The fourth-order valence-corrected chi connectivity index (χ4v) is 2.36. The summed E-state index contributed by atoms with van der Waals surface area (Å²) in [6, 6.07) is 13.8. The summed E-state index contributed by atoms with van der Waals surface area (Å²) in [6.07, 6.45) is 0. The summed E-state index contributed by atoms with van der Waals surface area (Å²) >= 11 is 0. The second kappa shape index (κ2) is 7.52. The Labute approximate surface area is 145 Å². The number of aryl methyl sites for hydroxylation is 2. The van der Waals surface area contributed by atoms with E-state index in [4.69, 9.17) is 4.74 Å². The highest BCUT2D eigenvalue weighted by atomic mass is 16.5. The number of rotatable bonds is 5. The minimum atomic E-state index is -0.0702. The van der Waals surface area contributed by atoms with Crippen LogP contribution < -0.4 is 10.1 Å². The van der Waals surface area contributed by atoms with E-state index < -0.39 is 0 Å². The van der Waals surface area contributed by atoms with E-state index in [9.17, 15) is 4.79 Å². The molecule has 1 amide bonds. The predicted molar refractivity (Wildman–Crippen MR) is 98.9 cm³/mol. The summed E-state index contributed by atoms with van der Waals surface area (Å²) in [5.74, 6) is 0.765. The monoisotopic (exact) mass is 325 g/mol. The van der Waals surface area contributed by atoms with Gasteiger partial charge < -0.3 is 10.1 Å². The van der Waals surface area contributed by atoms with E-state index in [2.05, 4.69) is 39.9 Å². The maximum atomic E-state index is 12.1. The normalized spacial score (nSPS) is 11.2. The summed E-state index contributed by atoms with van der Waals surface area (Å²) in [5.41, 5.74) is 4.44. The zero-order valence-electron chi connectivity index (χ0n) is 15.3. The molecule has 0 spiro atoms. The van der Waals surface area contributed by atoms with Crippen molar-refractivity contribution in [1.29, 1.82) is 0 Å². The molecule has 0 atom stereocenters. The lowest BCUT2D eigenvalue weighted by molar-refractivity contribution is 0.0947. The van der Waals surface area contributed by atoms with Crippen LogP contribution in [0, 0.1) is 13.8 Å². The largest absolute Gasteiger partial charge is 0.492 e. The molecule has 0 saturated heterocycles. The highest BCUT2D eigenvalue weighted by molar-refractivity contribution is 5.94. The molecule has 128 valence electrons. The van der Waals surface area contributed by atoms with E-state index >= 15 is 0 Å². The first-order valence-electron chi connectivity index (χ1n) is 8.36. The van der Waals surface area contributed by atoms with Crippen LogP contribution in [0.3, 0.4) is 0 Å². The highest BCUT2D eigenvalue weighted by Crippen LogP contribution is 2.22. The second-order valence-electron chi connectivity index (χ2n) is 7.18. The van der Waals surface area contributed by atoms with E-state index in [-0.39, 0.29) is 11.3 Å². The molecule has 2 aromatic carbocycles. The standard InChI is InChI=1S/C21H27NO2/c1-15-6-11-19(14-16(15)2)24-13-12-22-20(23)17-7-9-18(10-8-17)21(3,4)5/h6-11,14H,12-13H2,1-5H3,(H,22,23). The lowest BCUT2D eigenvalue weighted by Crippen LogP contribution is -2.28. The summed E-state index contributed by atoms with van der Waals surface area (Å²) < 4.78 is 5.68. The molecule has 2 rings (SSSR count). The van der Waals surface area contributed by atoms with Crippen molar-refractivity contribution in [3.63, 3.8) is 0 Å². The van der Waals surface area contributed by atoms with Crippen LogP contribution in [0.15, 0.2) is 42.5 Å². The molecular formula is C21H27NO2. The van der Waals surface area contributed by atoms with E-state index in [0.29, 0.717) is 18.7 Å². The van der Waals surface area contributed by atoms with Crippen molar-refractivity contribution >= 4 is 5.91 Å². The molecule has 24 heavy (non-hydrogen) atoms. The van der Waals surface area contributed by atoms with Gasteiger partial charge in [-0.15, -0.1) is 0 Å². The fraction of sp³-hybridized carbons (Fsp3) is 0.381. The van der Waals surface area contributed by atoms with Crippen molar-refractivity contribution in [1.82, 2.24) is 5.32 Å². The molecule has 1 N–H and O–H groups in total. The molecule has 0 aliphatic carbocycles. The molecule has 2 aromatic rings. The number of nitrogens with one attached hydrogen (secondary N) is 1. The average molecular weight is 325 g/mol. The molecule has 0 aliphatic rings. The maximum Gasteiger partial charge on any atom is 0.251 e. The van der Waals surface area contributed by atoms with Crippen LogP contribution in [-0.4, -0.2) is 19.1 Å². The quantitative estimate of drug-likeness (QED) is 0.827. The van der Waals surface area contributed by atoms with Gasteiger partial charge in [0.2, 0.25) is 0 Å². The van der Waals surface area contributed by atoms with Crippen molar-refractivity contribution in [3.05, 3.63) is 64.7 Å². The van der Waals surface area contributed by atoms with Crippen molar-refractivity contribution in [2.75, 3.05) is 13.2 Å². The molecule has 0 fully saturated rings. The van der Waals surface area contributed by atoms with Gasteiger partial charge in [-0.1, -0.05) is 39.0 Å². The lowest BCUT2D eigenvalue weighted by Gasteiger charge is -2.19. The topological polar surface area (TPSA) is 38.3 Å². The Morgan fingerprint density at radius 2 is 1.67 bits per heavy atom. The van der Waals surface area contributed by atoms with Crippen LogP contribution in [0.25, 0.3) is 0 Å². The summed E-state index contributed by atoms with van der Waals surface area (Å²) in [7, 11) is 0. The number of carbonyl (C=O) groups excluding carboxylic acids is 1. The summed E-state index contributed by atoms with van der Waals surface area (Å²) in [4.78, 5) is 12.1. The number of amides is 1. The van der Waals surface area contributed by atoms with Crippen LogP contribution in [0.1, 0.15) is 47.8 Å². The third kappa shape index (κ3) is 4.85. The van der Waals surface area contributed by atoms with E-state index in [1.165, 1.54) is 16.7 Å². The molecule has 0 radical (unpaired) electrons. The molecular weight excluding hydrogens is 298 g/mol. The van der Waals surface area contributed by atoms with E-state index in [0.717, 1.165) is 5.75 Å². The molecule has 0 aliphatic heterocycles. The van der Waals surface area contributed by atoms with Gasteiger partial charge in [0.05, 0.1) is 6.54 Å². The van der Waals surface area contributed by atoms with Crippen LogP contribution in [0.2, 0.25) is 0 Å². The van der Waals surface area contributed by atoms with Gasteiger partial charge in [-0.25, -0.2) is 0 Å². The van der Waals surface area contributed by atoms with Crippen LogP contribution in [-0.2, 0) is 5.41 Å². The predicted octanol–water partition coefficient (Wildman–Crippen LogP) is 4.41. The van der Waals surface area contributed by atoms with Gasteiger partial charge in [-0.05, 0) is 60.2 Å². The van der Waals surface area contributed by atoms with Crippen LogP contribution >= 0.6 is 0 Å². The summed E-state index contributed by atoms with van der Waals surface area (Å²) in [5, 5.41) is 2.89. The molecule has 0 heterocycles. The fourth-order valence-electron chi connectivity index (χ4n) is 2.36. The van der Waals surface area contributed by atoms with Gasteiger partial charge in [-0.3, -0.25) is 4.79 Å². The van der Waals surface area contributed by atoms with Crippen molar-refractivity contribution < 1.29 is 9.53 Å². The molecule has 0 saturated carbocycles. The van der Waals surface area contributed by atoms with Gasteiger partial charge >= 0.3 is 0 Å². The maximum absolute atomic E-state index is 12.1. The zero-order chi connectivity index (χ0) is 17.7. The lowest BCUT2D eigenvalue weighted by atomic mass is 9.87. The van der Waals surface area contributed by atoms with Gasteiger partial charge in [0.1, 0.15) is 12.4 Å². The van der Waals surface area contributed by atoms with E-state index in [1.54, 1.807) is 0 Å². The van der Waals surface area contributed by atoms with Gasteiger partial charge in [0, 0.05) is 5.56 Å². The Morgan fingerprint density at radius 1 is 1.00 bits per heavy atom. The Bertz CT molecular complexity index is 697. The third-order valence-corrected chi connectivity index (χ3v) is 4.15. The number of ether oxygens (including phenoxy) is 1. The Balaban J connectivity index is 1.81. The number of carbonyl (C=O) groups is 1. The zero-order valence-corrected chi connectivity index (χ0v) is 15.3. The Kier molecular flexibility index (Phi) is 5.66. The smallest absolute Gasteiger partial charge is 0.251 e. The summed E-state index contributed by atoms with van der Waals surface area (Å²) in [6.45, 7) is 11.5. The molecule has 0 aromatic heterocycles. The van der Waals surface area contributed by atoms with Gasteiger partial charge in [-0.2, -0.15) is 0 Å². The molecule has 3 heteroatoms. The van der Waals surface area contributed by atoms with Crippen LogP contribution in [0.4, 0.5) is 0 Å². The first kappa shape index (κ1) is 18.1. The number of hydrogen-bond donors (Lipinski definition) is 1. The first-order chi connectivity index (χ1) is 11.3. The van der Waals surface area contributed by atoms with Crippen molar-refractivity contribution in [3.8, 4) is 5.75 Å². The minimum Gasteiger partial charge on any atom is -0.492 e. The third-order valence-electron chi connectivity index (χ3n) is 4.15. The average Bonchev–Trinajstić information content (AvgIpc) is 2.54. The minimum absolute atomic E-state index is 0.0702.